The third-order valence-electron chi connectivity index (χ3n) is 3.79. The predicted octanol–water partition coefficient (Wildman–Crippen LogP) is 3.89. The SMILES string of the molecule is CC1CCc2ccc(CC(=O)C(C)(C)C)cc21. The average Bonchev–Trinajstić information content (AvgIpc) is 2.59. The van der Waals surface area contributed by atoms with E-state index in [4.69, 9.17) is 0 Å². The van der Waals surface area contributed by atoms with Crippen LogP contribution in [-0.4, -0.2) is 5.78 Å². The van der Waals surface area contributed by atoms with Gasteiger partial charge >= 0.3 is 0 Å². The number of benzene rings is 1. The van der Waals surface area contributed by atoms with E-state index in [-0.39, 0.29) is 5.41 Å². The summed E-state index contributed by atoms with van der Waals surface area (Å²) in [6.07, 6.45) is 3.03. The van der Waals surface area contributed by atoms with Crippen LogP contribution in [0.4, 0.5) is 0 Å². The fourth-order valence-corrected chi connectivity index (χ4v) is 2.42. The molecule has 0 amide bonds. The maximum atomic E-state index is 12.0. The number of Topliss-reactive ketones (excluding diaryl/α,β-unsaturated/α-hetero) is 1. The number of fused-ring (bicyclic) bond motifs is 1. The summed E-state index contributed by atoms with van der Waals surface area (Å²) < 4.78 is 0. The monoisotopic (exact) mass is 230 g/mol. The van der Waals surface area contributed by atoms with Crippen LogP contribution >= 0.6 is 0 Å². The molecule has 0 fully saturated rings. The minimum absolute atomic E-state index is 0.232. The molecule has 0 saturated carbocycles. The van der Waals surface area contributed by atoms with E-state index in [1.54, 1.807) is 0 Å². The zero-order valence-corrected chi connectivity index (χ0v) is 11.3. The highest BCUT2D eigenvalue weighted by Crippen LogP contribution is 2.33. The van der Waals surface area contributed by atoms with Crippen LogP contribution in [0.3, 0.4) is 0 Å². The van der Waals surface area contributed by atoms with E-state index < -0.39 is 0 Å². The van der Waals surface area contributed by atoms with E-state index in [1.165, 1.54) is 29.5 Å². The number of ketones is 1. The Bertz CT molecular complexity index is 437. The summed E-state index contributed by atoms with van der Waals surface area (Å²) in [5, 5.41) is 0. The van der Waals surface area contributed by atoms with Crippen molar-refractivity contribution < 1.29 is 4.79 Å². The Morgan fingerprint density at radius 2 is 2.06 bits per heavy atom. The molecule has 1 atom stereocenters. The number of hydrogen-bond acceptors (Lipinski definition) is 1. The number of carbonyl (C=O) groups excluding carboxylic acids is 1. The zero-order chi connectivity index (χ0) is 12.6. The van der Waals surface area contributed by atoms with Crippen LogP contribution in [-0.2, 0) is 17.6 Å². The summed E-state index contributed by atoms with van der Waals surface area (Å²) in [4.78, 5) is 12.0. The van der Waals surface area contributed by atoms with Crippen molar-refractivity contribution >= 4 is 5.78 Å². The molecule has 1 aromatic carbocycles. The molecule has 1 nitrogen and oxygen atoms in total. The van der Waals surface area contributed by atoms with E-state index in [0.717, 1.165) is 0 Å². The second-order valence-corrected chi connectivity index (χ2v) is 6.32. The van der Waals surface area contributed by atoms with Gasteiger partial charge in [0.25, 0.3) is 0 Å². The normalized spacial score (nSPS) is 19.2. The van der Waals surface area contributed by atoms with Crippen molar-refractivity contribution in [2.75, 3.05) is 0 Å². The topological polar surface area (TPSA) is 17.1 Å². The second-order valence-electron chi connectivity index (χ2n) is 6.32. The number of hydrogen-bond donors (Lipinski definition) is 0. The summed E-state index contributed by atoms with van der Waals surface area (Å²) in [5.41, 5.74) is 3.89. The smallest absolute Gasteiger partial charge is 0.142 e. The van der Waals surface area contributed by atoms with Crippen molar-refractivity contribution in [2.24, 2.45) is 5.41 Å². The van der Waals surface area contributed by atoms with Crippen molar-refractivity contribution in [1.29, 1.82) is 0 Å². The first-order valence-corrected chi connectivity index (χ1v) is 6.53. The lowest BCUT2D eigenvalue weighted by Crippen LogP contribution is -2.22. The average molecular weight is 230 g/mol. The van der Waals surface area contributed by atoms with Crippen LogP contribution in [0.15, 0.2) is 18.2 Å². The minimum Gasteiger partial charge on any atom is -0.299 e. The van der Waals surface area contributed by atoms with Gasteiger partial charge in [0.2, 0.25) is 0 Å². The molecule has 0 bridgehead atoms. The summed E-state index contributed by atoms with van der Waals surface area (Å²) >= 11 is 0. The second kappa shape index (κ2) is 4.29. The molecule has 0 aromatic heterocycles. The quantitative estimate of drug-likeness (QED) is 0.753. The molecule has 0 saturated heterocycles. The number of aryl methyl sites for hydroxylation is 1. The third-order valence-corrected chi connectivity index (χ3v) is 3.79. The van der Waals surface area contributed by atoms with Gasteiger partial charge < -0.3 is 0 Å². The van der Waals surface area contributed by atoms with Gasteiger partial charge in [-0.25, -0.2) is 0 Å². The highest BCUT2D eigenvalue weighted by Gasteiger charge is 2.23. The Hall–Kier alpha value is -1.11. The van der Waals surface area contributed by atoms with Gasteiger partial charge in [-0.2, -0.15) is 0 Å². The summed E-state index contributed by atoms with van der Waals surface area (Å²) in [7, 11) is 0. The fourth-order valence-electron chi connectivity index (χ4n) is 2.42. The highest BCUT2D eigenvalue weighted by atomic mass is 16.1. The zero-order valence-electron chi connectivity index (χ0n) is 11.3. The van der Waals surface area contributed by atoms with E-state index >= 15 is 0 Å². The van der Waals surface area contributed by atoms with Gasteiger partial charge in [0.15, 0.2) is 0 Å². The summed E-state index contributed by atoms with van der Waals surface area (Å²) in [6.45, 7) is 8.25. The Labute approximate surface area is 104 Å². The van der Waals surface area contributed by atoms with E-state index in [2.05, 4.69) is 25.1 Å². The Morgan fingerprint density at radius 3 is 2.71 bits per heavy atom. The van der Waals surface area contributed by atoms with Crippen LogP contribution < -0.4 is 0 Å². The lowest BCUT2D eigenvalue weighted by Gasteiger charge is -2.17. The lowest BCUT2D eigenvalue weighted by molar-refractivity contribution is -0.125. The van der Waals surface area contributed by atoms with Crippen molar-refractivity contribution in [1.82, 2.24) is 0 Å². The molecule has 0 aliphatic heterocycles. The van der Waals surface area contributed by atoms with Crippen molar-refractivity contribution in [3.63, 3.8) is 0 Å². The molecule has 0 N–H and O–H groups in total. The highest BCUT2D eigenvalue weighted by molar-refractivity contribution is 5.85. The third kappa shape index (κ3) is 2.59. The Balaban J connectivity index is 2.19. The maximum Gasteiger partial charge on any atom is 0.142 e. The number of carbonyl (C=O) groups is 1. The molecular weight excluding hydrogens is 208 g/mol. The van der Waals surface area contributed by atoms with Crippen LogP contribution in [0.2, 0.25) is 0 Å². The van der Waals surface area contributed by atoms with Crippen LogP contribution in [0.1, 0.15) is 56.7 Å². The molecule has 0 heterocycles. The van der Waals surface area contributed by atoms with E-state index in [0.29, 0.717) is 18.1 Å². The lowest BCUT2D eigenvalue weighted by atomic mass is 9.86. The van der Waals surface area contributed by atoms with Crippen LogP contribution in [0, 0.1) is 5.41 Å². The molecule has 1 aromatic rings. The summed E-state index contributed by atoms with van der Waals surface area (Å²) in [5.74, 6) is 0.984. The maximum absolute atomic E-state index is 12.0. The first-order chi connectivity index (χ1) is 7.88. The molecule has 1 unspecified atom stereocenters. The van der Waals surface area contributed by atoms with Gasteiger partial charge in [-0.15, -0.1) is 0 Å². The molecule has 1 heteroatoms. The molecule has 1 aliphatic rings. The van der Waals surface area contributed by atoms with E-state index in [9.17, 15) is 4.79 Å². The summed E-state index contributed by atoms with van der Waals surface area (Å²) in [6, 6.07) is 6.58. The molecule has 92 valence electrons. The van der Waals surface area contributed by atoms with Gasteiger partial charge in [-0.1, -0.05) is 45.9 Å². The first kappa shape index (κ1) is 12.3. The molecule has 17 heavy (non-hydrogen) atoms. The van der Waals surface area contributed by atoms with Gasteiger partial charge in [0.05, 0.1) is 0 Å². The standard InChI is InChI=1S/C16H22O/c1-11-5-7-13-8-6-12(9-14(11)13)10-15(17)16(2,3)4/h6,8-9,11H,5,7,10H2,1-4H3. The van der Waals surface area contributed by atoms with E-state index in [1.807, 2.05) is 20.8 Å². The first-order valence-electron chi connectivity index (χ1n) is 6.53. The predicted molar refractivity (Wildman–Crippen MR) is 71.3 cm³/mol. The molecule has 1 aliphatic carbocycles. The van der Waals surface area contributed by atoms with Gasteiger partial charge in [0, 0.05) is 11.8 Å². The minimum atomic E-state index is -0.232. The fraction of sp³-hybridized carbons (Fsp3) is 0.562. The van der Waals surface area contributed by atoms with Gasteiger partial charge in [-0.3, -0.25) is 4.79 Å². The van der Waals surface area contributed by atoms with Gasteiger partial charge in [-0.05, 0) is 35.4 Å². The van der Waals surface area contributed by atoms with Crippen molar-refractivity contribution in [3.8, 4) is 0 Å². The number of rotatable bonds is 2. The van der Waals surface area contributed by atoms with Gasteiger partial charge in [0.1, 0.15) is 5.78 Å². The van der Waals surface area contributed by atoms with Crippen LogP contribution in [0.5, 0.6) is 0 Å². The Kier molecular flexibility index (Phi) is 3.11. The molecule has 2 rings (SSSR count). The largest absolute Gasteiger partial charge is 0.299 e. The molecular formula is C16H22O. The van der Waals surface area contributed by atoms with Crippen LogP contribution in [0.25, 0.3) is 0 Å². The van der Waals surface area contributed by atoms with Crippen molar-refractivity contribution in [2.45, 2.75) is 52.9 Å². The molecule has 0 radical (unpaired) electrons. The van der Waals surface area contributed by atoms with Crippen molar-refractivity contribution in [3.05, 3.63) is 34.9 Å². The Morgan fingerprint density at radius 1 is 1.35 bits per heavy atom. The molecule has 0 spiro atoms.